The van der Waals surface area contributed by atoms with Gasteiger partial charge in [-0.3, -0.25) is 4.79 Å². The molecule has 0 saturated carbocycles. The Balaban J connectivity index is 1.32. The zero-order valence-corrected chi connectivity index (χ0v) is 19.9. The van der Waals surface area contributed by atoms with E-state index >= 15 is 0 Å². The molecule has 0 atom stereocenters. The summed E-state index contributed by atoms with van der Waals surface area (Å²) in [6.45, 7) is 3.10. The van der Waals surface area contributed by atoms with Crippen LogP contribution in [-0.2, 0) is 14.8 Å². The van der Waals surface area contributed by atoms with Crippen molar-refractivity contribution >= 4 is 55.5 Å². The van der Waals surface area contributed by atoms with Gasteiger partial charge in [0, 0.05) is 24.5 Å². The maximum atomic E-state index is 12.7. The number of thioether (sulfide) groups is 1. The van der Waals surface area contributed by atoms with Crippen LogP contribution in [0, 0.1) is 6.92 Å². The van der Waals surface area contributed by atoms with Gasteiger partial charge in [0.1, 0.15) is 0 Å². The van der Waals surface area contributed by atoms with Crippen LogP contribution in [0.15, 0.2) is 57.8 Å². The number of sulfonamides is 1. The SMILES string of the molecule is Cc1cccc(Nc2nnc(SCC(=O)Nc3cccc(S(=O)(=O)N4CCCC4)c3)s2)c1. The fourth-order valence-corrected chi connectivity index (χ4v) is 6.44. The molecule has 0 radical (unpaired) electrons. The lowest BCUT2D eigenvalue weighted by atomic mass is 10.2. The number of nitrogens with zero attached hydrogens (tertiary/aromatic N) is 3. The summed E-state index contributed by atoms with van der Waals surface area (Å²) in [4.78, 5) is 12.6. The number of hydrogen-bond donors (Lipinski definition) is 2. The molecule has 0 spiro atoms. The van der Waals surface area contributed by atoms with E-state index in [4.69, 9.17) is 0 Å². The standard InChI is InChI=1S/C21H23N5O3S3/c1-15-6-4-7-16(12-15)23-20-24-25-21(31-20)30-14-19(27)22-17-8-5-9-18(13-17)32(28,29)26-10-2-3-11-26/h4-9,12-13H,2-3,10-11,14H2,1H3,(H,22,27)(H,23,24). The highest BCUT2D eigenvalue weighted by molar-refractivity contribution is 8.01. The normalized spacial score (nSPS) is 14.4. The molecule has 8 nitrogen and oxygen atoms in total. The molecule has 4 rings (SSSR count). The number of aryl methyl sites for hydroxylation is 1. The summed E-state index contributed by atoms with van der Waals surface area (Å²) in [7, 11) is -3.52. The van der Waals surface area contributed by atoms with Crippen LogP contribution >= 0.6 is 23.1 Å². The fraction of sp³-hybridized carbons (Fsp3) is 0.286. The molecule has 0 unspecified atom stereocenters. The minimum Gasteiger partial charge on any atom is -0.330 e. The van der Waals surface area contributed by atoms with Gasteiger partial charge in [-0.05, 0) is 55.7 Å². The number of rotatable bonds is 8. The molecule has 2 aromatic carbocycles. The molecule has 1 aliphatic heterocycles. The highest BCUT2D eigenvalue weighted by Gasteiger charge is 2.27. The van der Waals surface area contributed by atoms with Crippen LogP contribution < -0.4 is 10.6 Å². The molecule has 32 heavy (non-hydrogen) atoms. The van der Waals surface area contributed by atoms with E-state index in [0.717, 1.165) is 24.1 Å². The van der Waals surface area contributed by atoms with Crippen LogP contribution in [0.25, 0.3) is 0 Å². The Labute approximate surface area is 195 Å². The number of aromatic nitrogens is 2. The number of benzene rings is 2. The van der Waals surface area contributed by atoms with E-state index in [0.29, 0.717) is 28.2 Å². The first-order chi connectivity index (χ1) is 15.4. The number of hydrogen-bond acceptors (Lipinski definition) is 8. The summed E-state index contributed by atoms with van der Waals surface area (Å²) in [6, 6.07) is 14.3. The van der Waals surface area contributed by atoms with Crippen molar-refractivity contribution < 1.29 is 13.2 Å². The second kappa shape index (κ2) is 9.99. The third-order valence-electron chi connectivity index (χ3n) is 4.82. The highest BCUT2D eigenvalue weighted by Crippen LogP contribution is 2.28. The molecule has 1 amide bonds. The first-order valence-corrected chi connectivity index (χ1v) is 13.3. The Morgan fingerprint density at radius 3 is 2.62 bits per heavy atom. The second-order valence-corrected chi connectivity index (χ2v) is 11.5. The molecule has 1 aliphatic rings. The van der Waals surface area contributed by atoms with Gasteiger partial charge in [0.2, 0.25) is 21.1 Å². The van der Waals surface area contributed by atoms with Crippen molar-refractivity contribution in [2.75, 3.05) is 29.5 Å². The third kappa shape index (κ3) is 5.66. The van der Waals surface area contributed by atoms with Gasteiger partial charge in [-0.25, -0.2) is 8.42 Å². The Morgan fingerprint density at radius 2 is 1.84 bits per heavy atom. The van der Waals surface area contributed by atoms with E-state index in [1.165, 1.54) is 33.5 Å². The van der Waals surface area contributed by atoms with Crippen molar-refractivity contribution in [3.63, 3.8) is 0 Å². The molecule has 3 aromatic rings. The van der Waals surface area contributed by atoms with Crippen molar-refractivity contribution in [1.29, 1.82) is 0 Å². The summed E-state index contributed by atoms with van der Waals surface area (Å²) in [6.07, 6.45) is 1.75. The Hall–Kier alpha value is -2.47. The molecule has 1 aromatic heterocycles. The lowest BCUT2D eigenvalue weighted by Crippen LogP contribution is -2.28. The summed E-state index contributed by atoms with van der Waals surface area (Å²) in [5.74, 6) is -0.101. The Morgan fingerprint density at radius 1 is 1.09 bits per heavy atom. The third-order valence-corrected chi connectivity index (χ3v) is 8.69. The lowest BCUT2D eigenvalue weighted by molar-refractivity contribution is -0.113. The van der Waals surface area contributed by atoms with E-state index in [1.54, 1.807) is 18.2 Å². The van der Waals surface area contributed by atoms with Gasteiger partial charge >= 0.3 is 0 Å². The van der Waals surface area contributed by atoms with Crippen LogP contribution in [-0.4, -0.2) is 47.7 Å². The number of anilines is 3. The first kappa shape index (κ1) is 22.7. The van der Waals surface area contributed by atoms with Crippen LogP contribution in [0.1, 0.15) is 18.4 Å². The molecule has 11 heteroatoms. The van der Waals surface area contributed by atoms with Crippen LogP contribution in [0.4, 0.5) is 16.5 Å². The molecule has 0 aliphatic carbocycles. The molecular weight excluding hydrogens is 466 g/mol. The molecule has 168 valence electrons. The average Bonchev–Trinajstić information content (AvgIpc) is 3.45. The second-order valence-electron chi connectivity index (χ2n) is 7.34. The minimum absolute atomic E-state index is 0.141. The van der Waals surface area contributed by atoms with Crippen molar-refractivity contribution in [1.82, 2.24) is 14.5 Å². The van der Waals surface area contributed by atoms with Crippen LogP contribution in [0.3, 0.4) is 0 Å². The average molecular weight is 490 g/mol. The molecule has 1 saturated heterocycles. The monoisotopic (exact) mass is 489 g/mol. The summed E-state index contributed by atoms with van der Waals surface area (Å²) in [5, 5.41) is 14.8. The van der Waals surface area contributed by atoms with Gasteiger partial charge in [-0.1, -0.05) is 41.3 Å². The largest absolute Gasteiger partial charge is 0.330 e. The summed E-state index contributed by atoms with van der Waals surface area (Å²) in [5.41, 5.74) is 2.53. The van der Waals surface area contributed by atoms with Gasteiger partial charge in [-0.2, -0.15) is 4.31 Å². The molecule has 2 N–H and O–H groups in total. The van der Waals surface area contributed by atoms with E-state index < -0.39 is 10.0 Å². The van der Waals surface area contributed by atoms with Crippen molar-refractivity contribution in [3.8, 4) is 0 Å². The van der Waals surface area contributed by atoms with Gasteiger partial charge in [0.25, 0.3) is 0 Å². The number of nitrogens with one attached hydrogen (secondary N) is 2. The van der Waals surface area contributed by atoms with Gasteiger partial charge in [0.05, 0.1) is 10.6 Å². The van der Waals surface area contributed by atoms with Gasteiger partial charge in [0.15, 0.2) is 4.34 Å². The summed E-state index contributed by atoms with van der Waals surface area (Å²) < 4.78 is 27.6. The zero-order valence-electron chi connectivity index (χ0n) is 17.4. The van der Waals surface area contributed by atoms with Crippen molar-refractivity contribution in [2.45, 2.75) is 29.0 Å². The van der Waals surface area contributed by atoms with Crippen LogP contribution in [0.2, 0.25) is 0 Å². The predicted octanol–water partition coefficient (Wildman–Crippen LogP) is 4.11. The topological polar surface area (TPSA) is 104 Å². The number of carbonyl (C=O) groups excluding carboxylic acids is 1. The molecular formula is C21H23N5O3S3. The fourth-order valence-electron chi connectivity index (χ4n) is 3.30. The first-order valence-electron chi connectivity index (χ1n) is 10.1. The maximum Gasteiger partial charge on any atom is 0.243 e. The van der Waals surface area contributed by atoms with Gasteiger partial charge in [-0.15, -0.1) is 10.2 Å². The van der Waals surface area contributed by atoms with Gasteiger partial charge < -0.3 is 10.6 Å². The maximum absolute atomic E-state index is 12.7. The van der Waals surface area contributed by atoms with Crippen molar-refractivity contribution in [3.05, 3.63) is 54.1 Å². The lowest BCUT2D eigenvalue weighted by Gasteiger charge is -2.16. The molecule has 0 bridgehead atoms. The van der Waals surface area contributed by atoms with E-state index in [1.807, 2.05) is 31.2 Å². The highest BCUT2D eigenvalue weighted by atomic mass is 32.2. The number of amides is 1. The van der Waals surface area contributed by atoms with E-state index in [9.17, 15) is 13.2 Å². The molecule has 1 fully saturated rings. The zero-order chi connectivity index (χ0) is 22.6. The quantitative estimate of drug-likeness (QED) is 0.459. The Kier molecular flexibility index (Phi) is 7.09. The summed E-state index contributed by atoms with van der Waals surface area (Å²) >= 11 is 2.65. The van der Waals surface area contributed by atoms with Crippen molar-refractivity contribution in [2.24, 2.45) is 0 Å². The van der Waals surface area contributed by atoms with E-state index in [2.05, 4.69) is 20.8 Å². The van der Waals surface area contributed by atoms with E-state index in [-0.39, 0.29) is 16.6 Å². The van der Waals surface area contributed by atoms with Crippen LogP contribution in [0.5, 0.6) is 0 Å². The Bertz CT molecular complexity index is 1210. The molecule has 2 heterocycles. The smallest absolute Gasteiger partial charge is 0.243 e. The predicted molar refractivity (Wildman–Crippen MR) is 128 cm³/mol. The minimum atomic E-state index is -3.52. The number of carbonyl (C=O) groups is 1.